The maximum atomic E-state index is 13.9. The molecule has 1 aliphatic heterocycles. The van der Waals surface area contributed by atoms with Crippen molar-refractivity contribution < 1.29 is 23.3 Å². The summed E-state index contributed by atoms with van der Waals surface area (Å²) < 4.78 is 20.1. The third-order valence-electron chi connectivity index (χ3n) is 6.87. The Labute approximate surface area is 266 Å². The lowest BCUT2D eigenvalue weighted by molar-refractivity contribution is -0.384. The highest BCUT2D eigenvalue weighted by Gasteiger charge is 2.35. The summed E-state index contributed by atoms with van der Waals surface area (Å²) >= 11 is 10.9. The summed E-state index contributed by atoms with van der Waals surface area (Å²) in [5, 5.41) is 11.6. The van der Waals surface area contributed by atoms with Crippen LogP contribution in [0.15, 0.2) is 101 Å². The van der Waals surface area contributed by atoms with E-state index in [4.69, 9.17) is 25.2 Å². The first-order valence-electron chi connectivity index (χ1n) is 13.2. The maximum absolute atomic E-state index is 13.9. The molecule has 0 saturated carbocycles. The van der Waals surface area contributed by atoms with Crippen molar-refractivity contribution in [1.29, 1.82) is 0 Å². The standard InChI is InChI=1S/C31H21BrClN3O7S/c1-3-41-30(38)27-16(2)34-31-35(28(27)25-13-12-24(43-25)21-14-19(36(39)40)8-10-22(21)33)29(37)26(44-31)15-20-9-11-23(42-20)17-4-6-18(32)7-5-17/h4-15,28H,3H2,1-2H3/b26-15-/t28-/m0/s1. The van der Waals surface area contributed by atoms with Gasteiger partial charge in [-0.15, -0.1) is 0 Å². The van der Waals surface area contributed by atoms with Crippen LogP contribution in [0, 0.1) is 10.1 Å². The van der Waals surface area contributed by atoms with Crippen LogP contribution in [-0.4, -0.2) is 22.1 Å². The van der Waals surface area contributed by atoms with Gasteiger partial charge in [-0.2, -0.15) is 0 Å². The lowest BCUT2D eigenvalue weighted by Crippen LogP contribution is -2.39. The van der Waals surface area contributed by atoms with Crippen molar-refractivity contribution in [2.45, 2.75) is 19.9 Å². The predicted octanol–water partition coefficient (Wildman–Crippen LogP) is 6.64. The monoisotopic (exact) mass is 693 g/mol. The Kier molecular flexibility index (Phi) is 7.97. The number of non-ortho nitro benzene ring substituents is 1. The number of ether oxygens (including phenoxy) is 1. The van der Waals surface area contributed by atoms with Gasteiger partial charge < -0.3 is 13.6 Å². The fourth-order valence-corrected chi connectivity index (χ4v) is 6.35. The molecule has 0 radical (unpaired) electrons. The number of nitrogens with zero attached hydrogens (tertiary/aromatic N) is 3. The molecule has 0 fully saturated rings. The van der Waals surface area contributed by atoms with Gasteiger partial charge in [0.2, 0.25) is 0 Å². The maximum Gasteiger partial charge on any atom is 0.338 e. The molecule has 1 aliphatic rings. The zero-order valence-corrected chi connectivity index (χ0v) is 26.2. The number of hydrogen-bond donors (Lipinski definition) is 0. The lowest BCUT2D eigenvalue weighted by Gasteiger charge is -2.22. The number of fused-ring (bicyclic) bond motifs is 1. The smallest absolute Gasteiger partial charge is 0.338 e. The average Bonchev–Trinajstić information content (AvgIpc) is 3.73. The summed E-state index contributed by atoms with van der Waals surface area (Å²) in [6.45, 7) is 3.45. The molecule has 1 atom stereocenters. The summed E-state index contributed by atoms with van der Waals surface area (Å²) in [5.41, 5.74) is 1.08. The third-order valence-corrected chi connectivity index (χ3v) is 8.71. The van der Waals surface area contributed by atoms with Gasteiger partial charge in [-0.1, -0.05) is 51.0 Å². The molecule has 222 valence electrons. The molecule has 0 unspecified atom stereocenters. The van der Waals surface area contributed by atoms with E-state index in [1.165, 1.54) is 22.8 Å². The molecular formula is C31H21BrClN3O7S. The largest absolute Gasteiger partial charge is 0.463 e. The Morgan fingerprint density at radius 2 is 1.89 bits per heavy atom. The molecule has 6 rings (SSSR count). The Balaban J connectivity index is 1.47. The van der Waals surface area contributed by atoms with E-state index in [0.29, 0.717) is 26.6 Å². The van der Waals surface area contributed by atoms with E-state index in [2.05, 4.69) is 20.9 Å². The summed E-state index contributed by atoms with van der Waals surface area (Å²) in [4.78, 5) is 42.9. The third kappa shape index (κ3) is 5.47. The first-order valence-corrected chi connectivity index (χ1v) is 15.2. The fraction of sp³-hybridized carbons (Fsp3) is 0.129. The van der Waals surface area contributed by atoms with Crippen LogP contribution >= 0.6 is 38.9 Å². The van der Waals surface area contributed by atoms with E-state index in [0.717, 1.165) is 21.4 Å². The molecule has 13 heteroatoms. The Bertz CT molecular complexity index is 2160. The van der Waals surface area contributed by atoms with Crippen LogP contribution in [0.1, 0.15) is 31.4 Å². The van der Waals surface area contributed by atoms with Gasteiger partial charge in [-0.25, -0.2) is 9.79 Å². The molecule has 3 aromatic heterocycles. The van der Waals surface area contributed by atoms with Gasteiger partial charge in [-0.05, 0) is 56.3 Å². The van der Waals surface area contributed by atoms with Crippen LogP contribution in [-0.2, 0) is 9.53 Å². The van der Waals surface area contributed by atoms with Gasteiger partial charge in [0.05, 0.1) is 32.4 Å². The van der Waals surface area contributed by atoms with Gasteiger partial charge in [-0.3, -0.25) is 19.5 Å². The number of nitro groups is 1. The number of carbonyl (C=O) groups is 1. The number of allylic oxidation sites excluding steroid dienone is 1. The van der Waals surface area contributed by atoms with E-state index in [1.807, 2.05) is 30.3 Å². The van der Waals surface area contributed by atoms with Gasteiger partial charge >= 0.3 is 5.97 Å². The number of benzene rings is 2. The van der Waals surface area contributed by atoms with Crippen molar-refractivity contribution in [3.8, 4) is 22.6 Å². The van der Waals surface area contributed by atoms with Crippen molar-refractivity contribution in [3.63, 3.8) is 0 Å². The first-order chi connectivity index (χ1) is 21.1. The number of aromatic nitrogens is 1. The molecule has 0 amide bonds. The first kappa shape index (κ1) is 29.5. The van der Waals surface area contributed by atoms with Crippen molar-refractivity contribution in [2.75, 3.05) is 6.61 Å². The highest BCUT2D eigenvalue weighted by molar-refractivity contribution is 9.10. The highest BCUT2D eigenvalue weighted by atomic mass is 79.9. The minimum atomic E-state index is -1.02. The molecular weight excluding hydrogens is 674 g/mol. The zero-order valence-electron chi connectivity index (χ0n) is 23.1. The van der Waals surface area contributed by atoms with Crippen LogP contribution in [0.5, 0.6) is 0 Å². The number of halogens is 2. The molecule has 0 aliphatic carbocycles. The second kappa shape index (κ2) is 11.9. The fourth-order valence-electron chi connectivity index (χ4n) is 4.85. The van der Waals surface area contributed by atoms with E-state index >= 15 is 0 Å². The Morgan fingerprint density at radius 3 is 2.61 bits per heavy atom. The molecule has 0 bridgehead atoms. The molecule has 44 heavy (non-hydrogen) atoms. The SMILES string of the molecule is CCOC(=O)C1=C(C)N=c2s/c(=C\c3ccc(-c4ccc(Br)cc4)o3)c(=O)n2[C@H]1c1ccc(-c2cc([N+](=O)[O-])ccc2Cl)o1. The zero-order chi connectivity index (χ0) is 31.1. The summed E-state index contributed by atoms with van der Waals surface area (Å²) in [6.07, 6.45) is 1.63. The van der Waals surface area contributed by atoms with Crippen molar-refractivity contribution in [3.05, 3.63) is 129 Å². The number of carbonyl (C=O) groups excluding carboxylic acids is 1. The van der Waals surface area contributed by atoms with E-state index in [-0.39, 0.29) is 40.0 Å². The molecule has 10 nitrogen and oxygen atoms in total. The van der Waals surface area contributed by atoms with Gasteiger partial charge in [0, 0.05) is 33.8 Å². The lowest BCUT2D eigenvalue weighted by atomic mass is 10.0. The molecule has 5 aromatic rings. The van der Waals surface area contributed by atoms with Crippen molar-refractivity contribution >= 4 is 56.6 Å². The quantitative estimate of drug-likeness (QED) is 0.106. The summed E-state index contributed by atoms with van der Waals surface area (Å²) in [5.74, 6) is 0.904. The number of furan rings is 2. The Hall–Kier alpha value is -4.52. The van der Waals surface area contributed by atoms with Crippen molar-refractivity contribution in [2.24, 2.45) is 4.99 Å². The second-order valence-electron chi connectivity index (χ2n) is 9.63. The number of hydrogen-bond acceptors (Lipinski definition) is 9. The minimum absolute atomic E-state index is 0.110. The van der Waals surface area contributed by atoms with Gasteiger partial charge in [0.25, 0.3) is 11.2 Å². The topological polar surface area (TPSA) is 130 Å². The molecule has 0 saturated heterocycles. The highest BCUT2D eigenvalue weighted by Crippen LogP contribution is 2.37. The van der Waals surface area contributed by atoms with Gasteiger partial charge in [0.15, 0.2) is 4.80 Å². The van der Waals surface area contributed by atoms with Crippen LogP contribution < -0.4 is 14.9 Å². The number of nitro benzene ring substituents is 1. The number of esters is 1. The normalized spacial score (nSPS) is 14.8. The van der Waals surface area contributed by atoms with E-state index in [9.17, 15) is 19.7 Å². The van der Waals surface area contributed by atoms with E-state index in [1.54, 1.807) is 38.1 Å². The Morgan fingerprint density at radius 1 is 1.14 bits per heavy atom. The van der Waals surface area contributed by atoms with Crippen molar-refractivity contribution in [1.82, 2.24) is 4.57 Å². The summed E-state index contributed by atoms with van der Waals surface area (Å²) in [7, 11) is 0. The number of thiazole rings is 1. The minimum Gasteiger partial charge on any atom is -0.463 e. The molecule has 4 heterocycles. The molecule has 2 aromatic carbocycles. The second-order valence-corrected chi connectivity index (χ2v) is 12.0. The number of rotatable bonds is 7. The van der Waals surface area contributed by atoms with Crippen LogP contribution in [0.25, 0.3) is 28.7 Å². The predicted molar refractivity (Wildman–Crippen MR) is 168 cm³/mol. The molecule has 0 N–H and O–H groups in total. The average molecular weight is 695 g/mol. The summed E-state index contributed by atoms with van der Waals surface area (Å²) in [6, 6.07) is 17.4. The van der Waals surface area contributed by atoms with E-state index < -0.39 is 22.5 Å². The van der Waals surface area contributed by atoms with Gasteiger partial charge in [0.1, 0.15) is 29.1 Å². The van der Waals surface area contributed by atoms with Crippen LogP contribution in [0.4, 0.5) is 5.69 Å². The van der Waals surface area contributed by atoms with Crippen LogP contribution in [0.2, 0.25) is 5.02 Å². The molecule has 0 spiro atoms. The van der Waals surface area contributed by atoms with Crippen LogP contribution in [0.3, 0.4) is 0 Å².